The topological polar surface area (TPSA) is 21.8 Å². The van der Waals surface area contributed by atoms with E-state index in [0.717, 1.165) is 18.8 Å². The van der Waals surface area contributed by atoms with E-state index in [1.807, 2.05) is 0 Å². The van der Waals surface area contributed by atoms with E-state index >= 15 is 0 Å². The monoisotopic (exact) mass is 400 g/mol. The van der Waals surface area contributed by atoms with Crippen molar-refractivity contribution in [3.05, 3.63) is 42.0 Å². The maximum Gasteiger partial charge on any atom is 0.123 e. The highest BCUT2D eigenvalue weighted by Gasteiger charge is 2.40. The lowest BCUT2D eigenvalue weighted by atomic mass is 10.0. The molecule has 1 fully saturated rings. The van der Waals surface area contributed by atoms with Gasteiger partial charge in [0.25, 0.3) is 0 Å². The lowest BCUT2D eigenvalue weighted by molar-refractivity contribution is 0.202. The Hall–Kier alpha value is -1.28. The summed E-state index contributed by atoms with van der Waals surface area (Å²) < 4.78 is 11.2. The van der Waals surface area contributed by atoms with Gasteiger partial charge in [-0.3, -0.25) is 0 Å². The molecule has 29 heavy (non-hydrogen) atoms. The summed E-state index contributed by atoms with van der Waals surface area (Å²) in [5, 5.41) is 0. The number of aryl methyl sites for hydroxylation is 1. The fourth-order valence-electron chi connectivity index (χ4n) is 3.63. The molecule has 0 N–H and O–H groups in total. The van der Waals surface area contributed by atoms with E-state index in [2.05, 4.69) is 50.3 Å². The summed E-state index contributed by atoms with van der Waals surface area (Å²) in [6.07, 6.45) is 23.6. The van der Waals surface area contributed by atoms with E-state index in [9.17, 15) is 0 Å². The lowest BCUT2D eigenvalue weighted by Gasteiger charge is -2.10. The van der Waals surface area contributed by atoms with E-state index in [4.69, 9.17) is 9.47 Å². The highest BCUT2D eigenvalue weighted by molar-refractivity contribution is 5.28. The average Bonchev–Trinajstić information content (AvgIpc) is 3.47. The fraction of sp³-hybridized carbons (Fsp3) is 0.704. The van der Waals surface area contributed by atoms with E-state index in [-0.39, 0.29) is 5.60 Å². The Morgan fingerprint density at radius 2 is 1.52 bits per heavy atom. The molecule has 0 saturated carbocycles. The van der Waals surface area contributed by atoms with Gasteiger partial charge in [0.15, 0.2) is 0 Å². The molecule has 2 nitrogen and oxygen atoms in total. The molecule has 2 heteroatoms. The average molecular weight is 401 g/mol. The number of epoxide rings is 1. The van der Waals surface area contributed by atoms with E-state index < -0.39 is 0 Å². The lowest BCUT2D eigenvalue weighted by Crippen LogP contribution is -2.16. The molecule has 0 amide bonds. The van der Waals surface area contributed by atoms with Gasteiger partial charge in [0.05, 0.1) is 6.61 Å². The first-order chi connectivity index (χ1) is 14.2. The number of hydrogen-bond donors (Lipinski definition) is 0. The van der Waals surface area contributed by atoms with Crippen LogP contribution in [0.5, 0.6) is 5.75 Å². The zero-order valence-corrected chi connectivity index (χ0v) is 19.1. The van der Waals surface area contributed by atoms with Gasteiger partial charge < -0.3 is 9.47 Å². The summed E-state index contributed by atoms with van der Waals surface area (Å²) >= 11 is 0. The van der Waals surface area contributed by atoms with Crippen molar-refractivity contribution in [2.45, 2.75) is 109 Å². The molecule has 1 aromatic carbocycles. The highest BCUT2D eigenvalue weighted by Crippen LogP contribution is 2.27. The van der Waals surface area contributed by atoms with Crippen molar-refractivity contribution < 1.29 is 9.47 Å². The van der Waals surface area contributed by atoms with Crippen LogP contribution in [-0.4, -0.2) is 18.8 Å². The maximum absolute atomic E-state index is 5.87. The molecule has 1 atom stereocenters. The summed E-state index contributed by atoms with van der Waals surface area (Å²) in [7, 11) is 0. The quantitative estimate of drug-likeness (QED) is 0.141. The van der Waals surface area contributed by atoms with Crippen LogP contribution in [0, 0.1) is 0 Å². The summed E-state index contributed by atoms with van der Waals surface area (Å²) in [5.74, 6) is 0.979. The summed E-state index contributed by atoms with van der Waals surface area (Å²) in [5.41, 5.74) is 1.35. The molecular weight excluding hydrogens is 356 g/mol. The van der Waals surface area contributed by atoms with Crippen molar-refractivity contribution in [1.82, 2.24) is 0 Å². The maximum atomic E-state index is 5.87. The minimum atomic E-state index is -0.0422. The molecule has 1 aliphatic rings. The molecule has 0 aliphatic carbocycles. The Bertz CT molecular complexity index is 559. The minimum Gasteiger partial charge on any atom is -0.490 e. The van der Waals surface area contributed by atoms with Crippen molar-refractivity contribution in [2.75, 3.05) is 13.2 Å². The SMILES string of the molecule is CCCCCCCC/C=C/CCCCCCCc1cccc(OCC2(C)CO2)c1. The largest absolute Gasteiger partial charge is 0.490 e. The van der Waals surface area contributed by atoms with Gasteiger partial charge in [-0.05, 0) is 63.1 Å². The predicted octanol–water partition coefficient (Wildman–Crippen LogP) is 8.04. The van der Waals surface area contributed by atoms with Crippen molar-refractivity contribution in [3.8, 4) is 5.75 Å². The molecule has 1 unspecified atom stereocenters. The van der Waals surface area contributed by atoms with Crippen LogP contribution in [0.2, 0.25) is 0 Å². The minimum absolute atomic E-state index is 0.0422. The van der Waals surface area contributed by atoms with Gasteiger partial charge in [0.1, 0.15) is 18.0 Å². The van der Waals surface area contributed by atoms with Crippen LogP contribution in [0.3, 0.4) is 0 Å². The third kappa shape index (κ3) is 12.1. The van der Waals surface area contributed by atoms with Gasteiger partial charge >= 0.3 is 0 Å². The molecule has 0 aromatic heterocycles. The van der Waals surface area contributed by atoms with Crippen LogP contribution in [-0.2, 0) is 11.2 Å². The number of rotatable bonds is 18. The Morgan fingerprint density at radius 3 is 2.17 bits per heavy atom. The number of ether oxygens (including phenoxy) is 2. The van der Waals surface area contributed by atoms with Crippen LogP contribution in [0.25, 0.3) is 0 Å². The first-order valence-electron chi connectivity index (χ1n) is 12.2. The van der Waals surface area contributed by atoms with Gasteiger partial charge in [-0.1, -0.05) is 82.6 Å². The van der Waals surface area contributed by atoms with Crippen molar-refractivity contribution in [1.29, 1.82) is 0 Å². The summed E-state index contributed by atoms with van der Waals surface area (Å²) in [6.45, 7) is 5.86. The first-order valence-corrected chi connectivity index (χ1v) is 12.2. The van der Waals surface area contributed by atoms with Gasteiger partial charge in [-0.15, -0.1) is 0 Å². The normalized spacial score (nSPS) is 18.4. The molecule has 2 rings (SSSR count). The molecule has 1 aromatic rings. The van der Waals surface area contributed by atoms with Crippen molar-refractivity contribution in [3.63, 3.8) is 0 Å². The standard InChI is InChI=1S/C27H44O2/c1-3-4-5-6-7-8-9-10-11-12-13-14-15-16-17-19-25-20-18-21-26(22-25)28-23-27(2)24-29-27/h10-11,18,20-22H,3-9,12-17,19,23-24H2,1-2H3/b11-10+. The second kappa shape index (κ2) is 14.7. The molecule has 1 aliphatic heterocycles. The van der Waals surface area contributed by atoms with Crippen molar-refractivity contribution in [2.24, 2.45) is 0 Å². The summed E-state index contributed by atoms with van der Waals surface area (Å²) in [6, 6.07) is 8.57. The molecule has 1 heterocycles. The summed E-state index contributed by atoms with van der Waals surface area (Å²) in [4.78, 5) is 0. The Labute approximate surface area is 180 Å². The van der Waals surface area contributed by atoms with Gasteiger partial charge in [-0.2, -0.15) is 0 Å². The predicted molar refractivity (Wildman–Crippen MR) is 125 cm³/mol. The second-order valence-electron chi connectivity index (χ2n) is 9.01. The van der Waals surface area contributed by atoms with E-state index in [1.54, 1.807) is 0 Å². The number of allylic oxidation sites excluding steroid dienone is 2. The van der Waals surface area contributed by atoms with E-state index in [0.29, 0.717) is 6.61 Å². The molecule has 0 spiro atoms. The van der Waals surface area contributed by atoms with Crippen LogP contribution in [0.1, 0.15) is 103 Å². The second-order valence-corrected chi connectivity index (χ2v) is 9.01. The first kappa shape index (κ1) is 24.0. The van der Waals surface area contributed by atoms with Gasteiger partial charge in [-0.25, -0.2) is 0 Å². The van der Waals surface area contributed by atoms with Gasteiger partial charge in [0.2, 0.25) is 0 Å². The molecule has 0 radical (unpaired) electrons. The third-order valence-corrected chi connectivity index (χ3v) is 5.81. The molecule has 164 valence electrons. The highest BCUT2D eigenvalue weighted by atomic mass is 16.6. The Balaban J connectivity index is 1.40. The number of benzene rings is 1. The molecule has 1 saturated heterocycles. The van der Waals surface area contributed by atoms with Crippen LogP contribution in [0.15, 0.2) is 36.4 Å². The Morgan fingerprint density at radius 1 is 0.897 bits per heavy atom. The zero-order chi connectivity index (χ0) is 20.6. The number of unbranched alkanes of at least 4 members (excludes halogenated alkanes) is 11. The van der Waals surface area contributed by atoms with Crippen LogP contribution < -0.4 is 4.74 Å². The zero-order valence-electron chi connectivity index (χ0n) is 19.1. The molecule has 0 bridgehead atoms. The number of hydrogen-bond acceptors (Lipinski definition) is 2. The third-order valence-electron chi connectivity index (χ3n) is 5.81. The fourth-order valence-corrected chi connectivity index (χ4v) is 3.63. The Kier molecular flexibility index (Phi) is 12.1. The van der Waals surface area contributed by atoms with Crippen LogP contribution >= 0.6 is 0 Å². The van der Waals surface area contributed by atoms with Crippen LogP contribution in [0.4, 0.5) is 0 Å². The molecular formula is C27H44O2. The van der Waals surface area contributed by atoms with Gasteiger partial charge in [0, 0.05) is 0 Å². The smallest absolute Gasteiger partial charge is 0.123 e. The van der Waals surface area contributed by atoms with E-state index in [1.165, 1.54) is 89.0 Å². The van der Waals surface area contributed by atoms with Crippen molar-refractivity contribution >= 4 is 0 Å².